The number of nitriles is 1. The van der Waals surface area contributed by atoms with Gasteiger partial charge in [-0.3, -0.25) is 0 Å². The van der Waals surface area contributed by atoms with E-state index in [1.807, 2.05) is 12.1 Å². The van der Waals surface area contributed by atoms with Gasteiger partial charge in [-0.2, -0.15) is 9.57 Å². The molecule has 0 spiro atoms. The van der Waals surface area contributed by atoms with Crippen LogP contribution in [-0.2, 0) is 10.0 Å². The molecule has 1 saturated heterocycles. The van der Waals surface area contributed by atoms with Gasteiger partial charge < -0.3 is 4.90 Å². The summed E-state index contributed by atoms with van der Waals surface area (Å²) in [4.78, 5) is 2.72. The molecule has 0 N–H and O–H groups in total. The Morgan fingerprint density at radius 3 is 2.26 bits per heavy atom. The van der Waals surface area contributed by atoms with Gasteiger partial charge in [-0.15, -0.1) is 0 Å². The smallest absolute Gasteiger partial charge is 0.243 e. The number of sulfonamides is 1. The molecule has 1 aliphatic carbocycles. The molecule has 3 rings (SSSR count). The Morgan fingerprint density at radius 2 is 1.63 bits per heavy atom. The quantitative estimate of drug-likeness (QED) is 0.667. The van der Waals surface area contributed by atoms with Crippen LogP contribution in [0.5, 0.6) is 0 Å². The van der Waals surface area contributed by atoms with Crippen LogP contribution in [0.3, 0.4) is 0 Å². The number of hydrogen-bond donors (Lipinski definition) is 0. The maximum atomic E-state index is 13.0. The number of nitrogens with zero attached hydrogens (tertiary/aromatic N) is 3. The summed E-state index contributed by atoms with van der Waals surface area (Å²) in [5.41, 5.74) is 1.29. The first kappa shape index (κ1) is 20.3. The summed E-state index contributed by atoms with van der Waals surface area (Å²) in [6.07, 6.45) is 8.87. The zero-order valence-electron chi connectivity index (χ0n) is 16.1. The number of benzene rings is 1. The normalized spacial score (nSPS) is 20.4. The number of hydrogen-bond acceptors (Lipinski definition) is 4. The highest BCUT2D eigenvalue weighted by molar-refractivity contribution is 7.89. The number of unbranched alkanes of at least 4 members (excludes halogenated alkanes) is 2. The Kier molecular flexibility index (Phi) is 7.28. The van der Waals surface area contributed by atoms with Crippen LogP contribution in [0.15, 0.2) is 29.2 Å². The molecule has 1 aromatic rings. The molecule has 1 heterocycles. The highest BCUT2D eigenvalue weighted by Crippen LogP contribution is 2.33. The van der Waals surface area contributed by atoms with Crippen molar-refractivity contribution < 1.29 is 8.42 Å². The van der Waals surface area contributed by atoms with E-state index in [1.54, 1.807) is 16.4 Å². The fourth-order valence-corrected chi connectivity index (χ4v) is 5.65. The van der Waals surface area contributed by atoms with Gasteiger partial charge in [-0.1, -0.05) is 31.4 Å². The van der Waals surface area contributed by atoms with Crippen molar-refractivity contribution in [2.24, 2.45) is 0 Å². The van der Waals surface area contributed by atoms with Crippen molar-refractivity contribution >= 4 is 10.0 Å². The zero-order chi connectivity index (χ0) is 19.1. The van der Waals surface area contributed by atoms with Crippen molar-refractivity contribution in [3.63, 3.8) is 0 Å². The maximum absolute atomic E-state index is 13.0. The summed E-state index contributed by atoms with van der Waals surface area (Å²) < 4.78 is 27.5. The molecule has 0 bridgehead atoms. The van der Waals surface area contributed by atoms with Crippen molar-refractivity contribution in [3.8, 4) is 6.07 Å². The summed E-state index contributed by atoms with van der Waals surface area (Å²) in [6.45, 7) is 3.58. The second-order valence-electron chi connectivity index (χ2n) is 7.76. The fourth-order valence-electron chi connectivity index (χ4n) is 4.23. The van der Waals surface area contributed by atoms with Crippen LogP contribution in [0.4, 0.5) is 0 Å². The summed E-state index contributed by atoms with van der Waals surface area (Å²) >= 11 is 0. The van der Waals surface area contributed by atoms with E-state index in [0.29, 0.717) is 30.3 Å². The van der Waals surface area contributed by atoms with E-state index in [4.69, 9.17) is 5.26 Å². The van der Waals surface area contributed by atoms with Crippen LogP contribution >= 0.6 is 0 Å². The fraction of sp³-hybridized carbons (Fsp3) is 0.667. The third-order valence-corrected chi connectivity index (χ3v) is 7.85. The predicted molar refractivity (Wildman–Crippen MR) is 107 cm³/mol. The van der Waals surface area contributed by atoms with Gasteiger partial charge in [-0.05, 0) is 55.8 Å². The molecule has 1 aromatic carbocycles. The second kappa shape index (κ2) is 9.68. The van der Waals surface area contributed by atoms with E-state index in [9.17, 15) is 8.42 Å². The lowest BCUT2D eigenvalue weighted by molar-refractivity contribution is 0.186. The summed E-state index contributed by atoms with van der Waals surface area (Å²) in [6, 6.07) is 9.81. The highest BCUT2D eigenvalue weighted by Gasteiger charge is 2.28. The van der Waals surface area contributed by atoms with E-state index < -0.39 is 10.0 Å². The lowest BCUT2D eigenvalue weighted by Crippen LogP contribution is -2.48. The monoisotopic (exact) mass is 389 g/mol. The van der Waals surface area contributed by atoms with Crippen LogP contribution in [0.25, 0.3) is 0 Å². The van der Waals surface area contributed by atoms with Crippen molar-refractivity contribution in [2.45, 2.75) is 62.2 Å². The summed E-state index contributed by atoms with van der Waals surface area (Å²) in [5, 5.41) is 8.59. The van der Waals surface area contributed by atoms with Crippen LogP contribution < -0.4 is 0 Å². The lowest BCUT2D eigenvalue weighted by Gasteiger charge is -2.34. The van der Waals surface area contributed by atoms with E-state index in [0.717, 1.165) is 32.5 Å². The van der Waals surface area contributed by atoms with Crippen LogP contribution in [0.1, 0.15) is 62.8 Å². The summed E-state index contributed by atoms with van der Waals surface area (Å²) in [7, 11) is -3.40. The van der Waals surface area contributed by atoms with Gasteiger partial charge in [0.2, 0.25) is 10.0 Å². The van der Waals surface area contributed by atoms with Gasteiger partial charge in [0.1, 0.15) is 0 Å². The molecule has 0 atom stereocenters. The lowest BCUT2D eigenvalue weighted by atomic mass is 9.84. The molecule has 1 aliphatic heterocycles. The van der Waals surface area contributed by atoms with E-state index in [2.05, 4.69) is 11.0 Å². The number of piperazine rings is 1. The first-order chi connectivity index (χ1) is 13.1. The molecule has 0 amide bonds. The highest BCUT2D eigenvalue weighted by atomic mass is 32.2. The average molecular weight is 390 g/mol. The van der Waals surface area contributed by atoms with Gasteiger partial charge >= 0.3 is 0 Å². The summed E-state index contributed by atoms with van der Waals surface area (Å²) in [5.74, 6) is 0.597. The maximum Gasteiger partial charge on any atom is 0.243 e. The van der Waals surface area contributed by atoms with Crippen molar-refractivity contribution in [2.75, 3.05) is 32.7 Å². The van der Waals surface area contributed by atoms with E-state index in [-0.39, 0.29) is 0 Å². The van der Waals surface area contributed by atoms with Gasteiger partial charge in [0.15, 0.2) is 0 Å². The van der Waals surface area contributed by atoms with Crippen molar-refractivity contribution in [3.05, 3.63) is 29.8 Å². The third-order valence-electron chi connectivity index (χ3n) is 5.94. The van der Waals surface area contributed by atoms with Crippen molar-refractivity contribution in [1.29, 1.82) is 5.26 Å². The van der Waals surface area contributed by atoms with Crippen LogP contribution in [0.2, 0.25) is 0 Å². The second-order valence-corrected chi connectivity index (χ2v) is 9.70. The Labute approximate surface area is 164 Å². The minimum absolute atomic E-state index is 0.421. The largest absolute Gasteiger partial charge is 0.301 e. The van der Waals surface area contributed by atoms with Gasteiger partial charge in [0.25, 0.3) is 0 Å². The van der Waals surface area contributed by atoms with Crippen molar-refractivity contribution in [1.82, 2.24) is 9.21 Å². The molecule has 0 aromatic heterocycles. The van der Waals surface area contributed by atoms with Crippen LogP contribution in [0, 0.1) is 11.3 Å². The predicted octanol–water partition coefficient (Wildman–Crippen LogP) is 3.73. The Balaban J connectivity index is 1.54. The average Bonchev–Trinajstić information content (AvgIpc) is 2.72. The first-order valence-electron chi connectivity index (χ1n) is 10.3. The molecule has 1 saturated carbocycles. The van der Waals surface area contributed by atoms with Gasteiger partial charge in [-0.25, -0.2) is 8.42 Å². The molecule has 2 aliphatic rings. The van der Waals surface area contributed by atoms with Crippen LogP contribution in [-0.4, -0.2) is 50.3 Å². The molecule has 27 heavy (non-hydrogen) atoms. The molecular weight excluding hydrogens is 358 g/mol. The Hall–Kier alpha value is -1.42. The first-order valence-corrected chi connectivity index (χ1v) is 11.7. The minimum Gasteiger partial charge on any atom is -0.301 e. The third kappa shape index (κ3) is 5.31. The van der Waals surface area contributed by atoms with Gasteiger partial charge in [0.05, 0.1) is 11.0 Å². The minimum atomic E-state index is -3.40. The SMILES string of the molecule is N#CCCCCN1CCN(S(=O)(=O)c2ccc(C3CCCCC3)cc2)CC1. The molecule has 148 valence electrons. The van der Waals surface area contributed by atoms with E-state index in [1.165, 1.54) is 37.7 Å². The van der Waals surface area contributed by atoms with Gasteiger partial charge in [0, 0.05) is 32.6 Å². The molecule has 5 nitrogen and oxygen atoms in total. The standard InChI is InChI=1S/C21H31N3O2S/c22-13-5-2-6-14-23-15-17-24(18-16-23)27(25,26)21-11-9-20(10-12-21)19-7-3-1-4-8-19/h9-12,19H,1-8,14-18H2. The topological polar surface area (TPSA) is 64.4 Å². The zero-order valence-corrected chi connectivity index (χ0v) is 17.0. The molecule has 0 radical (unpaired) electrons. The molecule has 2 fully saturated rings. The van der Waals surface area contributed by atoms with E-state index >= 15 is 0 Å². The molecular formula is C21H31N3O2S. The molecule has 6 heteroatoms. The number of rotatable bonds is 7. The Morgan fingerprint density at radius 1 is 0.963 bits per heavy atom. The molecule has 0 unspecified atom stereocenters. The Bertz CT molecular complexity index is 726.